The minimum atomic E-state index is 0.0492. The van der Waals surface area contributed by atoms with Crippen LogP contribution in [-0.2, 0) is 9.53 Å². The average molecular weight is 329 g/mol. The topological polar surface area (TPSA) is 54.5 Å². The van der Waals surface area contributed by atoms with E-state index in [0.29, 0.717) is 12.5 Å². The second-order valence-corrected chi connectivity index (χ2v) is 7.42. The van der Waals surface area contributed by atoms with Crippen LogP contribution in [0.25, 0.3) is 0 Å². The van der Waals surface area contributed by atoms with E-state index >= 15 is 0 Å². The standard InChI is InChI=1S/C19H27N3O2/c23-19(21-14-4-3-9-20-12-14)16-8-11-24-18-7-10-22(13-17(16)18)15-5-1-2-6-15/h3-4,9,12,15-18H,1-2,5-8,10-11,13H2,(H,21,23)/t16-,17-,18-/m1/s1. The lowest BCUT2D eigenvalue weighted by Crippen LogP contribution is -2.54. The summed E-state index contributed by atoms with van der Waals surface area (Å²) in [7, 11) is 0. The molecule has 4 rings (SSSR count). The van der Waals surface area contributed by atoms with E-state index in [1.54, 1.807) is 12.4 Å². The van der Waals surface area contributed by atoms with Crippen LogP contribution in [-0.4, -0.2) is 47.6 Å². The molecule has 0 bridgehead atoms. The first-order valence-corrected chi connectivity index (χ1v) is 9.38. The molecule has 1 aromatic rings. The van der Waals surface area contributed by atoms with E-state index < -0.39 is 0 Å². The van der Waals surface area contributed by atoms with Gasteiger partial charge in [-0.1, -0.05) is 12.8 Å². The van der Waals surface area contributed by atoms with Gasteiger partial charge in [0.15, 0.2) is 0 Å². The van der Waals surface area contributed by atoms with E-state index in [1.165, 1.54) is 25.7 Å². The number of hydrogen-bond donors (Lipinski definition) is 1. The van der Waals surface area contributed by atoms with Gasteiger partial charge in [-0.15, -0.1) is 0 Å². The van der Waals surface area contributed by atoms with Crippen LogP contribution in [0.4, 0.5) is 5.69 Å². The van der Waals surface area contributed by atoms with Gasteiger partial charge in [-0.25, -0.2) is 0 Å². The number of fused-ring (bicyclic) bond motifs is 1. The lowest BCUT2D eigenvalue weighted by molar-refractivity contribution is -0.138. The number of likely N-dealkylation sites (tertiary alicyclic amines) is 1. The molecule has 0 aromatic carbocycles. The Kier molecular flexibility index (Phi) is 4.81. The van der Waals surface area contributed by atoms with Gasteiger partial charge in [0, 0.05) is 43.8 Å². The van der Waals surface area contributed by atoms with Crippen molar-refractivity contribution in [1.82, 2.24) is 9.88 Å². The average Bonchev–Trinajstić information content (AvgIpc) is 3.16. The number of hydrogen-bond acceptors (Lipinski definition) is 4. The fraction of sp³-hybridized carbons (Fsp3) is 0.684. The van der Waals surface area contributed by atoms with Crippen LogP contribution in [0, 0.1) is 11.8 Å². The third-order valence-electron chi connectivity index (χ3n) is 6.01. The molecular weight excluding hydrogens is 302 g/mol. The predicted octanol–water partition coefficient (Wildman–Crippen LogP) is 2.69. The number of rotatable bonds is 3. The molecule has 2 saturated heterocycles. The summed E-state index contributed by atoms with van der Waals surface area (Å²) in [5, 5.41) is 3.05. The summed E-state index contributed by atoms with van der Waals surface area (Å²) in [6.07, 6.45) is 10.9. The predicted molar refractivity (Wildman–Crippen MR) is 92.6 cm³/mol. The van der Waals surface area contributed by atoms with Gasteiger partial charge in [0.05, 0.1) is 18.0 Å². The van der Waals surface area contributed by atoms with E-state index in [0.717, 1.165) is 37.7 Å². The molecule has 1 saturated carbocycles. The Morgan fingerprint density at radius 1 is 1.25 bits per heavy atom. The zero-order chi connectivity index (χ0) is 16.4. The Morgan fingerprint density at radius 2 is 2.12 bits per heavy atom. The maximum Gasteiger partial charge on any atom is 0.228 e. The minimum absolute atomic E-state index is 0.0492. The maximum atomic E-state index is 12.8. The lowest BCUT2D eigenvalue weighted by atomic mass is 9.78. The summed E-state index contributed by atoms with van der Waals surface area (Å²) in [4.78, 5) is 19.6. The quantitative estimate of drug-likeness (QED) is 0.926. The van der Waals surface area contributed by atoms with Crippen LogP contribution in [0.2, 0.25) is 0 Å². The zero-order valence-electron chi connectivity index (χ0n) is 14.2. The van der Waals surface area contributed by atoms with Crippen LogP contribution in [0.15, 0.2) is 24.5 Å². The lowest BCUT2D eigenvalue weighted by Gasteiger charge is -2.46. The number of aromatic nitrogens is 1. The fourth-order valence-corrected chi connectivity index (χ4v) is 4.74. The molecule has 0 unspecified atom stereocenters. The molecule has 130 valence electrons. The molecule has 24 heavy (non-hydrogen) atoms. The minimum Gasteiger partial charge on any atom is -0.378 e. The second kappa shape index (κ2) is 7.19. The highest BCUT2D eigenvalue weighted by Crippen LogP contribution is 2.36. The van der Waals surface area contributed by atoms with Gasteiger partial charge < -0.3 is 10.1 Å². The number of anilines is 1. The Morgan fingerprint density at radius 3 is 2.92 bits per heavy atom. The van der Waals surface area contributed by atoms with Crippen LogP contribution < -0.4 is 5.32 Å². The molecule has 3 atom stereocenters. The van der Waals surface area contributed by atoms with Crippen LogP contribution in [0.1, 0.15) is 38.5 Å². The molecule has 1 aliphatic carbocycles. The monoisotopic (exact) mass is 329 g/mol. The van der Waals surface area contributed by atoms with Crippen molar-refractivity contribution in [2.24, 2.45) is 11.8 Å². The molecule has 0 spiro atoms. The number of nitrogens with zero attached hydrogens (tertiary/aromatic N) is 2. The molecule has 1 amide bonds. The van der Waals surface area contributed by atoms with E-state index in [4.69, 9.17) is 4.74 Å². The number of amides is 1. The summed E-state index contributed by atoms with van der Waals surface area (Å²) in [5.74, 6) is 0.507. The Bertz CT molecular complexity index is 559. The van der Waals surface area contributed by atoms with Gasteiger partial charge in [0.2, 0.25) is 5.91 Å². The Balaban J connectivity index is 1.44. The largest absolute Gasteiger partial charge is 0.378 e. The fourth-order valence-electron chi connectivity index (χ4n) is 4.74. The third kappa shape index (κ3) is 3.33. The molecule has 5 heteroatoms. The number of piperidine rings is 1. The van der Waals surface area contributed by atoms with Gasteiger partial charge in [0.25, 0.3) is 0 Å². The molecule has 3 heterocycles. The third-order valence-corrected chi connectivity index (χ3v) is 6.01. The SMILES string of the molecule is O=C(Nc1cccnc1)[C@@H]1CCO[C@@H]2CCN(C3CCCC3)C[C@@H]21. The van der Waals surface area contributed by atoms with Crippen molar-refractivity contribution in [2.75, 3.05) is 25.0 Å². The first-order valence-electron chi connectivity index (χ1n) is 9.38. The Hall–Kier alpha value is -1.46. The molecule has 2 aliphatic heterocycles. The highest BCUT2D eigenvalue weighted by Gasteiger charge is 2.43. The maximum absolute atomic E-state index is 12.8. The van der Waals surface area contributed by atoms with E-state index in [-0.39, 0.29) is 17.9 Å². The molecule has 1 N–H and O–H groups in total. The highest BCUT2D eigenvalue weighted by atomic mass is 16.5. The number of carbonyl (C=O) groups is 1. The summed E-state index contributed by atoms with van der Waals surface area (Å²) in [6, 6.07) is 4.48. The summed E-state index contributed by atoms with van der Waals surface area (Å²) in [5.41, 5.74) is 0.786. The van der Waals surface area contributed by atoms with Gasteiger partial charge in [0.1, 0.15) is 0 Å². The highest BCUT2D eigenvalue weighted by molar-refractivity contribution is 5.92. The summed E-state index contributed by atoms with van der Waals surface area (Å²) < 4.78 is 6.00. The number of carbonyl (C=O) groups excluding carboxylic acids is 1. The first-order chi connectivity index (χ1) is 11.8. The molecule has 0 radical (unpaired) electrons. The van der Waals surface area contributed by atoms with Gasteiger partial charge in [-0.2, -0.15) is 0 Å². The molecule has 5 nitrogen and oxygen atoms in total. The molecular formula is C19H27N3O2. The number of nitrogens with one attached hydrogen (secondary N) is 1. The van der Waals surface area contributed by atoms with Crippen molar-refractivity contribution in [2.45, 2.75) is 50.7 Å². The summed E-state index contributed by atoms with van der Waals surface area (Å²) in [6.45, 7) is 2.85. The molecule has 3 fully saturated rings. The normalized spacial score (nSPS) is 31.6. The van der Waals surface area contributed by atoms with Crippen molar-refractivity contribution >= 4 is 11.6 Å². The Labute approximate surface area is 143 Å². The van der Waals surface area contributed by atoms with Gasteiger partial charge >= 0.3 is 0 Å². The smallest absolute Gasteiger partial charge is 0.228 e. The second-order valence-electron chi connectivity index (χ2n) is 7.42. The van der Waals surface area contributed by atoms with Crippen molar-refractivity contribution in [3.8, 4) is 0 Å². The first kappa shape index (κ1) is 16.0. The molecule has 3 aliphatic rings. The van der Waals surface area contributed by atoms with Crippen LogP contribution in [0.3, 0.4) is 0 Å². The van der Waals surface area contributed by atoms with Crippen molar-refractivity contribution in [3.05, 3.63) is 24.5 Å². The van der Waals surface area contributed by atoms with Crippen molar-refractivity contribution < 1.29 is 9.53 Å². The number of ether oxygens (including phenoxy) is 1. The van der Waals surface area contributed by atoms with E-state index in [1.807, 2.05) is 12.1 Å². The number of pyridine rings is 1. The van der Waals surface area contributed by atoms with Crippen LogP contribution >= 0.6 is 0 Å². The van der Waals surface area contributed by atoms with Gasteiger partial charge in [-0.3, -0.25) is 14.7 Å². The summed E-state index contributed by atoms with van der Waals surface area (Å²) >= 11 is 0. The van der Waals surface area contributed by atoms with Crippen molar-refractivity contribution in [1.29, 1.82) is 0 Å². The zero-order valence-corrected chi connectivity index (χ0v) is 14.2. The van der Waals surface area contributed by atoms with Crippen molar-refractivity contribution in [3.63, 3.8) is 0 Å². The van der Waals surface area contributed by atoms with Gasteiger partial charge in [-0.05, 0) is 37.8 Å². The molecule has 1 aromatic heterocycles. The van der Waals surface area contributed by atoms with E-state index in [2.05, 4.69) is 15.2 Å². The van der Waals surface area contributed by atoms with Crippen LogP contribution in [0.5, 0.6) is 0 Å². The van der Waals surface area contributed by atoms with E-state index in [9.17, 15) is 4.79 Å².